The molecule has 0 saturated carbocycles. The van der Waals surface area contributed by atoms with Gasteiger partial charge in [0.25, 0.3) is 11.8 Å². The molecular formula is C19H23N3O5. The lowest BCUT2D eigenvalue weighted by Gasteiger charge is -2.19. The van der Waals surface area contributed by atoms with Crippen LogP contribution in [0.25, 0.3) is 11.1 Å². The highest BCUT2D eigenvalue weighted by molar-refractivity contribution is 5.98. The van der Waals surface area contributed by atoms with Crippen molar-refractivity contribution < 1.29 is 24.6 Å². The minimum Gasteiger partial charge on any atom is -0.496 e. The minimum absolute atomic E-state index is 0.241. The second-order valence-corrected chi connectivity index (χ2v) is 5.98. The van der Waals surface area contributed by atoms with Crippen LogP contribution in [0, 0.1) is 0 Å². The van der Waals surface area contributed by atoms with E-state index in [1.54, 1.807) is 12.1 Å². The van der Waals surface area contributed by atoms with E-state index in [0.29, 0.717) is 12.3 Å². The van der Waals surface area contributed by atoms with Crippen LogP contribution in [0.15, 0.2) is 42.5 Å². The van der Waals surface area contributed by atoms with Crippen LogP contribution in [0.5, 0.6) is 5.75 Å². The number of aliphatic hydroxyl groups is 1. The van der Waals surface area contributed by atoms with Crippen LogP contribution in [0.3, 0.4) is 0 Å². The molecule has 6 N–H and O–H groups in total. The van der Waals surface area contributed by atoms with E-state index in [1.165, 1.54) is 25.6 Å². The normalized spacial score (nSPS) is 12.8. The molecule has 8 nitrogen and oxygen atoms in total. The van der Waals surface area contributed by atoms with Gasteiger partial charge in [-0.2, -0.15) is 0 Å². The molecule has 0 spiro atoms. The summed E-state index contributed by atoms with van der Waals surface area (Å²) in [7, 11) is 1.49. The van der Waals surface area contributed by atoms with Gasteiger partial charge in [0.2, 0.25) is 0 Å². The van der Waals surface area contributed by atoms with Crippen LogP contribution < -0.4 is 21.3 Å². The summed E-state index contributed by atoms with van der Waals surface area (Å²) in [4.78, 5) is 24.0. The molecule has 0 fully saturated rings. The van der Waals surface area contributed by atoms with Crippen LogP contribution >= 0.6 is 0 Å². The predicted octanol–water partition coefficient (Wildman–Crippen LogP) is 0.806. The van der Waals surface area contributed by atoms with Gasteiger partial charge in [0.05, 0.1) is 13.2 Å². The number of amides is 2. The maximum Gasteiger partial charge on any atom is 0.268 e. The number of methoxy groups -OCH3 is 1. The lowest BCUT2D eigenvalue weighted by atomic mass is 10.0. The van der Waals surface area contributed by atoms with E-state index < -0.39 is 24.0 Å². The summed E-state index contributed by atoms with van der Waals surface area (Å²) >= 11 is 0. The number of benzene rings is 2. The molecular weight excluding hydrogens is 350 g/mol. The molecule has 2 aromatic rings. The monoisotopic (exact) mass is 373 g/mol. The first kappa shape index (κ1) is 20.4. The molecule has 2 rings (SSSR count). The summed E-state index contributed by atoms with van der Waals surface area (Å²) in [6, 6.07) is 11.2. The van der Waals surface area contributed by atoms with E-state index in [9.17, 15) is 14.7 Å². The smallest absolute Gasteiger partial charge is 0.268 e. The third-order valence-electron chi connectivity index (χ3n) is 4.13. The minimum atomic E-state index is -1.29. The van der Waals surface area contributed by atoms with Crippen LogP contribution in [-0.2, 0) is 11.3 Å². The lowest BCUT2D eigenvalue weighted by Crippen LogP contribution is -2.51. The van der Waals surface area contributed by atoms with Crippen molar-refractivity contribution in [3.63, 3.8) is 0 Å². The highest BCUT2D eigenvalue weighted by Crippen LogP contribution is 2.31. The standard InChI is InChI=1S/C19H23N3O5/c1-11(23)17(19(25)22-26)21-18(24)14-7-8-15(16(9-14)27-2)13-5-3-12(10-20)4-6-13/h3-9,11,17,23,26H,10,20H2,1-2H3,(H,21,24)(H,22,25)/t11-,17+/m1/s1. The van der Waals surface area contributed by atoms with Gasteiger partial charge >= 0.3 is 0 Å². The summed E-state index contributed by atoms with van der Waals surface area (Å²) < 4.78 is 5.39. The highest BCUT2D eigenvalue weighted by Gasteiger charge is 2.26. The number of nitrogens with two attached hydrogens (primary N) is 1. The van der Waals surface area contributed by atoms with Crippen molar-refractivity contribution in [3.8, 4) is 16.9 Å². The first-order valence-corrected chi connectivity index (χ1v) is 8.31. The van der Waals surface area contributed by atoms with Gasteiger partial charge in [0.1, 0.15) is 11.8 Å². The Morgan fingerprint density at radius 2 is 1.85 bits per heavy atom. The van der Waals surface area contributed by atoms with Crippen molar-refractivity contribution in [1.29, 1.82) is 0 Å². The van der Waals surface area contributed by atoms with E-state index in [0.717, 1.165) is 16.7 Å². The van der Waals surface area contributed by atoms with E-state index in [2.05, 4.69) is 5.32 Å². The Morgan fingerprint density at radius 1 is 1.19 bits per heavy atom. The Bertz CT molecular complexity index is 805. The van der Waals surface area contributed by atoms with Crippen molar-refractivity contribution >= 4 is 11.8 Å². The Hall–Kier alpha value is -2.94. The number of carbonyl (C=O) groups is 2. The Labute approximate surface area is 156 Å². The van der Waals surface area contributed by atoms with Gasteiger partial charge < -0.3 is 20.9 Å². The molecule has 2 amide bonds. The average Bonchev–Trinajstić information content (AvgIpc) is 2.70. The molecule has 0 aromatic heterocycles. The molecule has 144 valence electrons. The van der Waals surface area contributed by atoms with Crippen LogP contribution in [0.1, 0.15) is 22.8 Å². The number of aliphatic hydroxyl groups excluding tert-OH is 1. The second-order valence-electron chi connectivity index (χ2n) is 5.98. The lowest BCUT2D eigenvalue weighted by molar-refractivity contribution is -0.133. The number of hydrogen-bond acceptors (Lipinski definition) is 6. The largest absolute Gasteiger partial charge is 0.496 e. The number of hydrogen-bond donors (Lipinski definition) is 5. The molecule has 0 aliphatic rings. The maximum absolute atomic E-state index is 12.4. The Balaban J connectivity index is 2.28. The van der Waals surface area contributed by atoms with Crippen molar-refractivity contribution in [3.05, 3.63) is 53.6 Å². The van der Waals surface area contributed by atoms with E-state index in [1.807, 2.05) is 24.3 Å². The van der Waals surface area contributed by atoms with Crippen molar-refractivity contribution in [2.75, 3.05) is 7.11 Å². The zero-order valence-corrected chi connectivity index (χ0v) is 15.1. The molecule has 2 atom stereocenters. The van der Waals surface area contributed by atoms with Crippen molar-refractivity contribution in [2.45, 2.75) is 25.6 Å². The van der Waals surface area contributed by atoms with E-state index in [4.69, 9.17) is 15.7 Å². The van der Waals surface area contributed by atoms with E-state index >= 15 is 0 Å². The molecule has 0 heterocycles. The van der Waals surface area contributed by atoms with E-state index in [-0.39, 0.29) is 5.56 Å². The average molecular weight is 373 g/mol. The number of hydroxylamine groups is 1. The first-order chi connectivity index (χ1) is 12.9. The SMILES string of the molecule is COc1cc(C(=O)N[C@H](C(=O)NO)[C@@H](C)O)ccc1-c1ccc(CN)cc1. The fraction of sp³-hybridized carbons (Fsp3) is 0.263. The summed E-state index contributed by atoms with van der Waals surface area (Å²) in [6.07, 6.45) is -1.19. The number of rotatable bonds is 7. The molecule has 0 saturated heterocycles. The van der Waals surface area contributed by atoms with Gasteiger partial charge in [-0.15, -0.1) is 0 Å². The highest BCUT2D eigenvalue weighted by atomic mass is 16.5. The zero-order valence-electron chi connectivity index (χ0n) is 15.1. The van der Waals surface area contributed by atoms with Crippen LogP contribution in [-0.4, -0.2) is 41.4 Å². The maximum atomic E-state index is 12.4. The fourth-order valence-corrected chi connectivity index (χ4v) is 2.59. The number of nitrogens with one attached hydrogen (secondary N) is 2. The third kappa shape index (κ3) is 4.82. The topological polar surface area (TPSA) is 134 Å². The molecule has 0 bridgehead atoms. The number of ether oxygens (including phenoxy) is 1. The van der Waals surface area contributed by atoms with Gasteiger partial charge in [0, 0.05) is 17.7 Å². The van der Waals surface area contributed by atoms with Crippen molar-refractivity contribution in [2.24, 2.45) is 5.73 Å². The zero-order chi connectivity index (χ0) is 20.0. The van der Waals surface area contributed by atoms with Gasteiger partial charge in [-0.25, -0.2) is 5.48 Å². The van der Waals surface area contributed by atoms with Gasteiger partial charge in [-0.3, -0.25) is 14.8 Å². The summed E-state index contributed by atoms with van der Waals surface area (Å²) in [5.74, 6) is -1.03. The molecule has 0 aliphatic heterocycles. The summed E-state index contributed by atoms with van der Waals surface area (Å²) in [5, 5.41) is 20.7. The van der Waals surface area contributed by atoms with Crippen molar-refractivity contribution in [1.82, 2.24) is 10.8 Å². The first-order valence-electron chi connectivity index (χ1n) is 8.31. The second kappa shape index (κ2) is 9.13. The Morgan fingerprint density at radius 3 is 2.37 bits per heavy atom. The molecule has 0 radical (unpaired) electrons. The van der Waals surface area contributed by atoms with Gasteiger partial charge in [-0.1, -0.05) is 24.3 Å². The Kier molecular flexibility index (Phi) is 6.89. The molecule has 27 heavy (non-hydrogen) atoms. The van der Waals surface area contributed by atoms with Gasteiger partial charge in [-0.05, 0) is 36.2 Å². The fourth-order valence-electron chi connectivity index (χ4n) is 2.59. The van der Waals surface area contributed by atoms with Crippen LogP contribution in [0.4, 0.5) is 0 Å². The quantitative estimate of drug-likeness (QED) is 0.360. The molecule has 8 heteroatoms. The van der Waals surface area contributed by atoms with Gasteiger partial charge in [0.15, 0.2) is 0 Å². The predicted molar refractivity (Wildman–Crippen MR) is 99.2 cm³/mol. The molecule has 0 aliphatic carbocycles. The third-order valence-corrected chi connectivity index (χ3v) is 4.13. The summed E-state index contributed by atoms with van der Waals surface area (Å²) in [6.45, 7) is 1.78. The van der Waals surface area contributed by atoms with Crippen LogP contribution in [0.2, 0.25) is 0 Å². The summed E-state index contributed by atoms with van der Waals surface area (Å²) in [5.41, 5.74) is 9.96. The number of carbonyl (C=O) groups excluding carboxylic acids is 2. The molecule has 0 unspecified atom stereocenters. The molecule has 2 aromatic carbocycles.